The average molecular weight is 328 g/mol. The number of halogens is 2. The first-order chi connectivity index (χ1) is 10.2. The fourth-order valence-electron chi connectivity index (χ4n) is 2.72. The van der Waals surface area contributed by atoms with Gasteiger partial charge in [-0.25, -0.2) is 10.1 Å². The first-order valence-corrected chi connectivity index (χ1v) is 8.19. The number of aliphatic imine (C=N–C) groups is 1. The van der Waals surface area contributed by atoms with E-state index in [-0.39, 0.29) is 0 Å². The molecule has 4 nitrogen and oxygen atoms in total. The summed E-state index contributed by atoms with van der Waals surface area (Å²) >= 11 is 12.4. The lowest BCUT2D eigenvalue weighted by atomic mass is 9.98. The van der Waals surface area contributed by atoms with Gasteiger partial charge in [-0.2, -0.15) is 0 Å². The van der Waals surface area contributed by atoms with Crippen LogP contribution in [0.3, 0.4) is 0 Å². The largest absolute Gasteiger partial charge is 0.322 e. The highest BCUT2D eigenvalue weighted by Crippen LogP contribution is 2.30. The van der Waals surface area contributed by atoms with Gasteiger partial charge < -0.3 is 5.32 Å². The first-order valence-electron chi connectivity index (χ1n) is 7.44. The molecule has 1 aliphatic carbocycles. The SMILES string of the molecule is Clc1cccc(Cl)c1NC1=NCCN1OC1CCCCC1. The van der Waals surface area contributed by atoms with Crippen molar-refractivity contribution in [2.45, 2.75) is 38.2 Å². The van der Waals surface area contributed by atoms with Crippen molar-refractivity contribution in [3.05, 3.63) is 28.2 Å². The molecule has 0 unspecified atom stereocenters. The molecule has 0 saturated heterocycles. The van der Waals surface area contributed by atoms with Gasteiger partial charge in [0.05, 0.1) is 34.9 Å². The lowest BCUT2D eigenvalue weighted by Gasteiger charge is -2.28. The molecular formula is C15H19Cl2N3O. The summed E-state index contributed by atoms with van der Waals surface area (Å²) in [6.45, 7) is 1.48. The summed E-state index contributed by atoms with van der Waals surface area (Å²) in [6.07, 6.45) is 6.34. The third-order valence-corrected chi connectivity index (χ3v) is 4.46. The molecule has 0 spiro atoms. The Balaban J connectivity index is 1.66. The van der Waals surface area contributed by atoms with E-state index in [9.17, 15) is 0 Å². The van der Waals surface area contributed by atoms with E-state index in [4.69, 9.17) is 28.0 Å². The summed E-state index contributed by atoms with van der Waals surface area (Å²) in [5, 5.41) is 6.20. The predicted molar refractivity (Wildman–Crippen MR) is 87.1 cm³/mol. The van der Waals surface area contributed by atoms with Crippen LogP contribution in [-0.4, -0.2) is 30.2 Å². The van der Waals surface area contributed by atoms with Crippen molar-refractivity contribution in [2.24, 2.45) is 4.99 Å². The lowest BCUT2D eigenvalue weighted by Crippen LogP contribution is -2.37. The van der Waals surface area contributed by atoms with Gasteiger partial charge in [-0.1, -0.05) is 48.5 Å². The molecule has 6 heteroatoms. The number of hydroxylamine groups is 2. The Morgan fingerprint density at radius 1 is 1.14 bits per heavy atom. The van der Waals surface area contributed by atoms with E-state index in [1.807, 2.05) is 11.1 Å². The van der Waals surface area contributed by atoms with Crippen molar-refractivity contribution < 1.29 is 4.84 Å². The summed E-state index contributed by atoms with van der Waals surface area (Å²) in [5.41, 5.74) is 0.679. The third kappa shape index (κ3) is 3.62. The average Bonchev–Trinajstić information content (AvgIpc) is 2.91. The van der Waals surface area contributed by atoms with Crippen LogP contribution in [0.15, 0.2) is 23.2 Å². The van der Waals surface area contributed by atoms with Gasteiger partial charge in [0.25, 0.3) is 0 Å². The van der Waals surface area contributed by atoms with E-state index in [1.54, 1.807) is 12.1 Å². The maximum absolute atomic E-state index is 6.19. The van der Waals surface area contributed by atoms with Crippen LogP contribution < -0.4 is 5.32 Å². The predicted octanol–water partition coefficient (Wildman–Crippen LogP) is 4.34. The molecule has 0 radical (unpaired) electrons. The van der Waals surface area contributed by atoms with Gasteiger partial charge in [0.15, 0.2) is 0 Å². The maximum Gasteiger partial charge on any atom is 0.223 e. The molecule has 1 saturated carbocycles. The van der Waals surface area contributed by atoms with Crippen LogP contribution in [0.4, 0.5) is 5.69 Å². The molecule has 1 heterocycles. The van der Waals surface area contributed by atoms with Crippen LogP contribution in [0.5, 0.6) is 0 Å². The van der Waals surface area contributed by atoms with Crippen LogP contribution >= 0.6 is 23.2 Å². The van der Waals surface area contributed by atoms with Gasteiger partial charge in [-0.05, 0) is 25.0 Å². The number of nitrogens with zero attached hydrogens (tertiary/aromatic N) is 2. The molecule has 0 atom stereocenters. The van der Waals surface area contributed by atoms with Gasteiger partial charge in [0, 0.05) is 0 Å². The zero-order valence-electron chi connectivity index (χ0n) is 11.8. The summed E-state index contributed by atoms with van der Waals surface area (Å²) in [7, 11) is 0. The highest BCUT2D eigenvalue weighted by molar-refractivity contribution is 6.39. The van der Waals surface area contributed by atoms with E-state index in [0.717, 1.165) is 25.9 Å². The zero-order chi connectivity index (χ0) is 14.7. The van der Waals surface area contributed by atoms with Gasteiger partial charge in [-0.3, -0.25) is 4.84 Å². The van der Waals surface area contributed by atoms with Gasteiger partial charge in [0.1, 0.15) is 0 Å². The molecule has 1 aliphatic heterocycles. The molecule has 1 fully saturated rings. The second-order valence-electron chi connectivity index (χ2n) is 5.39. The van der Waals surface area contributed by atoms with Gasteiger partial charge in [0.2, 0.25) is 5.96 Å². The molecule has 2 aliphatic rings. The topological polar surface area (TPSA) is 36.9 Å². The molecule has 0 bridgehead atoms. The summed E-state index contributed by atoms with van der Waals surface area (Å²) < 4.78 is 0. The zero-order valence-corrected chi connectivity index (χ0v) is 13.3. The summed E-state index contributed by atoms with van der Waals surface area (Å²) in [4.78, 5) is 10.5. The van der Waals surface area contributed by atoms with Crippen LogP contribution in [-0.2, 0) is 4.84 Å². The number of hydrogen-bond acceptors (Lipinski definition) is 4. The van der Waals surface area contributed by atoms with E-state index >= 15 is 0 Å². The van der Waals surface area contributed by atoms with Crippen LogP contribution in [0.1, 0.15) is 32.1 Å². The third-order valence-electron chi connectivity index (χ3n) is 3.83. The van der Waals surface area contributed by atoms with Crippen molar-refractivity contribution in [3.63, 3.8) is 0 Å². The second-order valence-corrected chi connectivity index (χ2v) is 6.21. The van der Waals surface area contributed by atoms with Crippen LogP contribution in [0, 0.1) is 0 Å². The molecule has 1 aromatic rings. The molecule has 0 aromatic heterocycles. The smallest absolute Gasteiger partial charge is 0.223 e. The first kappa shape index (κ1) is 14.9. The van der Waals surface area contributed by atoms with Crippen LogP contribution in [0.25, 0.3) is 0 Å². The molecule has 0 amide bonds. The Morgan fingerprint density at radius 2 is 1.86 bits per heavy atom. The monoisotopic (exact) mass is 327 g/mol. The van der Waals surface area contributed by atoms with Gasteiger partial charge in [-0.15, -0.1) is 0 Å². The van der Waals surface area contributed by atoms with E-state index < -0.39 is 0 Å². The Kier molecular flexibility index (Phi) is 4.88. The molecule has 114 valence electrons. The molecule has 1 N–H and O–H groups in total. The van der Waals surface area contributed by atoms with Crippen LogP contribution in [0.2, 0.25) is 10.0 Å². The number of hydrogen-bond donors (Lipinski definition) is 1. The maximum atomic E-state index is 6.19. The van der Waals surface area contributed by atoms with Gasteiger partial charge >= 0.3 is 0 Å². The fraction of sp³-hybridized carbons (Fsp3) is 0.533. The highest BCUT2D eigenvalue weighted by Gasteiger charge is 2.24. The Labute approximate surface area is 135 Å². The highest BCUT2D eigenvalue weighted by atomic mass is 35.5. The second kappa shape index (κ2) is 6.86. The fourth-order valence-corrected chi connectivity index (χ4v) is 3.21. The minimum atomic E-state index is 0.297. The standard InChI is InChI=1S/C15H19Cl2N3O/c16-12-7-4-8-13(17)14(12)19-15-18-9-10-20(15)21-11-5-2-1-3-6-11/h4,7-8,11H,1-3,5-6,9-10H2,(H,18,19). The van der Waals surface area contributed by atoms with Crippen molar-refractivity contribution in [1.29, 1.82) is 0 Å². The summed E-state index contributed by atoms with van der Waals surface area (Å²) in [6, 6.07) is 5.43. The van der Waals surface area contributed by atoms with Crippen molar-refractivity contribution >= 4 is 34.8 Å². The minimum Gasteiger partial charge on any atom is -0.322 e. The molecule has 1 aromatic carbocycles. The number of guanidine groups is 1. The van der Waals surface area contributed by atoms with E-state index in [0.29, 0.717) is 27.8 Å². The lowest BCUT2D eigenvalue weighted by molar-refractivity contribution is -0.149. The number of benzene rings is 1. The number of rotatable bonds is 3. The number of nitrogens with one attached hydrogen (secondary N) is 1. The number of para-hydroxylation sites is 1. The molecule has 21 heavy (non-hydrogen) atoms. The van der Waals surface area contributed by atoms with Crippen molar-refractivity contribution in [3.8, 4) is 0 Å². The quantitative estimate of drug-likeness (QED) is 0.897. The molecule has 3 rings (SSSR count). The Hall–Kier alpha value is -0.970. The summed E-state index contributed by atoms with van der Waals surface area (Å²) in [5.74, 6) is 0.690. The normalized spacial score (nSPS) is 19.7. The Bertz CT molecular complexity index is 509. The molecular weight excluding hydrogens is 309 g/mol. The van der Waals surface area contributed by atoms with Crippen molar-refractivity contribution in [2.75, 3.05) is 18.4 Å². The van der Waals surface area contributed by atoms with E-state index in [1.165, 1.54) is 19.3 Å². The van der Waals surface area contributed by atoms with Crippen molar-refractivity contribution in [1.82, 2.24) is 5.06 Å². The van der Waals surface area contributed by atoms with E-state index in [2.05, 4.69) is 10.3 Å². The minimum absolute atomic E-state index is 0.297. The number of anilines is 1. The Morgan fingerprint density at radius 3 is 2.57 bits per heavy atom.